The number of morpholine rings is 1. The van der Waals surface area contributed by atoms with Gasteiger partial charge in [0.05, 0.1) is 13.2 Å². The second kappa shape index (κ2) is 12.6. The maximum Gasteiger partial charge on any atom is 0.191 e. The number of unbranched alkanes of at least 4 members (excludes halogenated alkanes) is 1. The number of nitrogens with zero attached hydrogens (tertiary/aromatic N) is 2. The molecule has 6 nitrogen and oxygen atoms in total. The van der Waals surface area contributed by atoms with E-state index in [9.17, 15) is 0 Å². The molecule has 0 amide bonds. The van der Waals surface area contributed by atoms with Crippen LogP contribution in [0.5, 0.6) is 0 Å². The molecule has 0 aromatic heterocycles. The summed E-state index contributed by atoms with van der Waals surface area (Å²) in [5, 5.41) is 6.76. The number of hydrogen-bond donors (Lipinski definition) is 2. The summed E-state index contributed by atoms with van der Waals surface area (Å²) in [6.45, 7) is 12.8. The van der Waals surface area contributed by atoms with Gasteiger partial charge in [-0.3, -0.25) is 9.89 Å². The van der Waals surface area contributed by atoms with Crippen LogP contribution in [-0.2, 0) is 9.47 Å². The molecule has 0 radical (unpaired) electrons. The molecule has 1 fully saturated rings. The fourth-order valence-corrected chi connectivity index (χ4v) is 2.71. The van der Waals surface area contributed by atoms with Crippen LogP contribution in [0.1, 0.15) is 40.0 Å². The van der Waals surface area contributed by atoms with Crippen molar-refractivity contribution in [3.8, 4) is 0 Å². The van der Waals surface area contributed by atoms with Crippen LogP contribution in [0.2, 0.25) is 0 Å². The van der Waals surface area contributed by atoms with Gasteiger partial charge in [-0.1, -0.05) is 13.3 Å². The van der Waals surface area contributed by atoms with Crippen LogP contribution in [0.3, 0.4) is 0 Å². The van der Waals surface area contributed by atoms with E-state index in [0.29, 0.717) is 12.1 Å². The van der Waals surface area contributed by atoms with Crippen LogP contribution in [0.4, 0.5) is 0 Å². The SMILES string of the molecule is CCCCOCCCNC(=NC)NCC(C)N1CCOCC1C. The van der Waals surface area contributed by atoms with Crippen molar-refractivity contribution < 1.29 is 9.47 Å². The highest BCUT2D eigenvalue weighted by atomic mass is 16.5. The third-order valence-electron chi connectivity index (χ3n) is 4.17. The van der Waals surface area contributed by atoms with Crippen LogP contribution >= 0.6 is 0 Å². The molecule has 1 heterocycles. The largest absolute Gasteiger partial charge is 0.381 e. The molecule has 136 valence electrons. The average Bonchev–Trinajstić information content (AvgIpc) is 2.57. The predicted octanol–water partition coefficient (Wildman–Crippen LogP) is 1.47. The number of rotatable bonds is 10. The molecule has 23 heavy (non-hydrogen) atoms. The van der Waals surface area contributed by atoms with Crippen molar-refractivity contribution in [2.75, 3.05) is 53.1 Å². The zero-order chi connectivity index (χ0) is 16.9. The van der Waals surface area contributed by atoms with Crippen LogP contribution in [-0.4, -0.2) is 76.1 Å². The molecule has 1 aliphatic rings. The van der Waals surface area contributed by atoms with Crippen molar-refractivity contribution >= 4 is 5.96 Å². The van der Waals surface area contributed by atoms with E-state index in [1.807, 2.05) is 7.05 Å². The molecule has 0 spiro atoms. The van der Waals surface area contributed by atoms with E-state index in [-0.39, 0.29) is 0 Å². The molecular formula is C17H36N4O2. The lowest BCUT2D eigenvalue weighted by atomic mass is 10.2. The smallest absolute Gasteiger partial charge is 0.191 e. The molecule has 1 aliphatic heterocycles. The standard InChI is InChI=1S/C17H36N4O2/c1-5-6-10-22-11-7-8-19-17(18-4)20-13-15(2)21-9-12-23-14-16(21)3/h15-16H,5-14H2,1-4H3,(H2,18,19,20). The third-order valence-corrected chi connectivity index (χ3v) is 4.17. The van der Waals surface area contributed by atoms with Gasteiger partial charge in [-0.15, -0.1) is 0 Å². The zero-order valence-corrected chi connectivity index (χ0v) is 15.4. The molecule has 2 N–H and O–H groups in total. The number of nitrogens with one attached hydrogen (secondary N) is 2. The summed E-state index contributed by atoms with van der Waals surface area (Å²) in [5.74, 6) is 0.867. The van der Waals surface area contributed by atoms with Crippen molar-refractivity contribution in [2.45, 2.75) is 52.1 Å². The minimum absolute atomic E-state index is 0.463. The molecule has 0 bridgehead atoms. The Balaban J connectivity index is 2.13. The maximum atomic E-state index is 5.56. The van der Waals surface area contributed by atoms with E-state index < -0.39 is 0 Å². The second-order valence-corrected chi connectivity index (χ2v) is 6.21. The Kier molecular flexibility index (Phi) is 11.0. The van der Waals surface area contributed by atoms with Crippen molar-refractivity contribution in [1.29, 1.82) is 0 Å². The summed E-state index contributed by atoms with van der Waals surface area (Å²) in [5.41, 5.74) is 0. The molecule has 0 aliphatic carbocycles. The third kappa shape index (κ3) is 8.53. The Bertz CT molecular complexity index is 326. The highest BCUT2D eigenvalue weighted by molar-refractivity contribution is 5.79. The first-order valence-electron chi connectivity index (χ1n) is 9.04. The summed E-state index contributed by atoms with van der Waals surface area (Å²) in [6.07, 6.45) is 3.34. The fraction of sp³-hybridized carbons (Fsp3) is 0.941. The second-order valence-electron chi connectivity index (χ2n) is 6.21. The van der Waals surface area contributed by atoms with E-state index >= 15 is 0 Å². The normalized spacial score (nSPS) is 21.2. The monoisotopic (exact) mass is 328 g/mol. The van der Waals surface area contributed by atoms with E-state index in [0.717, 1.165) is 64.9 Å². The van der Waals surface area contributed by atoms with Gasteiger partial charge >= 0.3 is 0 Å². The number of hydrogen-bond acceptors (Lipinski definition) is 4. The van der Waals surface area contributed by atoms with Crippen LogP contribution < -0.4 is 10.6 Å². The zero-order valence-electron chi connectivity index (χ0n) is 15.4. The van der Waals surface area contributed by atoms with Gasteiger partial charge in [-0.25, -0.2) is 0 Å². The lowest BCUT2D eigenvalue weighted by molar-refractivity contribution is -0.0174. The Hall–Kier alpha value is -0.850. The summed E-state index contributed by atoms with van der Waals surface area (Å²) < 4.78 is 11.1. The molecule has 0 aromatic carbocycles. The predicted molar refractivity (Wildman–Crippen MR) is 96.2 cm³/mol. The molecule has 2 atom stereocenters. The van der Waals surface area contributed by atoms with Crippen molar-refractivity contribution in [3.05, 3.63) is 0 Å². The van der Waals surface area contributed by atoms with E-state index in [2.05, 4.69) is 41.3 Å². The summed E-state index contributed by atoms with van der Waals surface area (Å²) in [4.78, 5) is 6.77. The minimum atomic E-state index is 0.463. The number of guanidine groups is 1. The van der Waals surface area contributed by atoms with Crippen molar-refractivity contribution in [1.82, 2.24) is 15.5 Å². The Morgan fingerprint density at radius 1 is 1.35 bits per heavy atom. The van der Waals surface area contributed by atoms with Crippen LogP contribution in [0, 0.1) is 0 Å². The maximum absolute atomic E-state index is 5.56. The Morgan fingerprint density at radius 2 is 2.13 bits per heavy atom. The van der Waals surface area contributed by atoms with Crippen molar-refractivity contribution in [2.24, 2.45) is 4.99 Å². The summed E-state index contributed by atoms with van der Waals surface area (Å²) in [7, 11) is 1.81. The molecule has 2 unspecified atom stereocenters. The van der Waals surface area contributed by atoms with Gasteiger partial charge in [0, 0.05) is 52.0 Å². The highest BCUT2D eigenvalue weighted by Gasteiger charge is 2.23. The molecular weight excluding hydrogens is 292 g/mol. The van der Waals surface area contributed by atoms with Gasteiger partial charge in [0.25, 0.3) is 0 Å². The minimum Gasteiger partial charge on any atom is -0.381 e. The topological polar surface area (TPSA) is 58.1 Å². The number of aliphatic imine (C=N–C) groups is 1. The van der Waals surface area contributed by atoms with Gasteiger partial charge in [-0.2, -0.15) is 0 Å². The molecule has 6 heteroatoms. The lowest BCUT2D eigenvalue weighted by Gasteiger charge is -2.38. The first kappa shape index (κ1) is 20.2. The molecule has 0 saturated carbocycles. The van der Waals surface area contributed by atoms with E-state index in [1.54, 1.807) is 0 Å². The van der Waals surface area contributed by atoms with Gasteiger partial charge in [-0.05, 0) is 26.7 Å². The van der Waals surface area contributed by atoms with E-state index in [4.69, 9.17) is 9.47 Å². The first-order valence-corrected chi connectivity index (χ1v) is 9.04. The first-order chi connectivity index (χ1) is 11.2. The molecule has 1 rings (SSSR count). The van der Waals surface area contributed by atoms with Gasteiger partial charge < -0.3 is 20.1 Å². The molecule has 1 saturated heterocycles. The average molecular weight is 329 g/mol. The fourth-order valence-electron chi connectivity index (χ4n) is 2.71. The summed E-state index contributed by atoms with van der Waals surface area (Å²) >= 11 is 0. The Labute approximate surface area is 142 Å². The summed E-state index contributed by atoms with van der Waals surface area (Å²) in [6, 6.07) is 0.945. The quantitative estimate of drug-likeness (QED) is 0.361. The number of ether oxygens (including phenoxy) is 2. The van der Waals surface area contributed by atoms with Gasteiger partial charge in [0.15, 0.2) is 5.96 Å². The van der Waals surface area contributed by atoms with E-state index in [1.165, 1.54) is 6.42 Å². The molecule has 0 aromatic rings. The highest BCUT2D eigenvalue weighted by Crippen LogP contribution is 2.09. The van der Waals surface area contributed by atoms with Gasteiger partial charge in [0.2, 0.25) is 0 Å². The van der Waals surface area contributed by atoms with Gasteiger partial charge in [0.1, 0.15) is 0 Å². The van der Waals surface area contributed by atoms with Crippen LogP contribution in [0.25, 0.3) is 0 Å². The lowest BCUT2D eigenvalue weighted by Crippen LogP contribution is -2.53. The Morgan fingerprint density at radius 3 is 2.83 bits per heavy atom. The van der Waals surface area contributed by atoms with Crippen molar-refractivity contribution in [3.63, 3.8) is 0 Å². The van der Waals surface area contributed by atoms with Crippen LogP contribution in [0.15, 0.2) is 4.99 Å².